The number of unbranched alkanes of at least 4 members (excludes halogenated alkanes) is 4. The normalized spacial score (nSPS) is 10.7. The summed E-state index contributed by atoms with van der Waals surface area (Å²) in [6, 6.07) is 11.6. The molecule has 2 aromatic rings. The van der Waals surface area contributed by atoms with E-state index in [0.29, 0.717) is 11.5 Å². The standard InChI is InChI=1S/C24H33BrN2O3/c1-4-5-6-7-8-13-26-16-19-14-21(25)24(22(15-19)29-3)30-17-23(28)27-20-11-9-18(2)10-12-20/h9-12,14-15,26H,4-8,13,16-17H2,1-3H3,(H,27,28). The summed E-state index contributed by atoms with van der Waals surface area (Å²) in [7, 11) is 1.60. The average Bonchev–Trinajstić information content (AvgIpc) is 2.73. The molecule has 0 atom stereocenters. The number of hydrogen-bond acceptors (Lipinski definition) is 4. The smallest absolute Gasteiger partial charge is 0.262 e. The minimum Gasteiger partial charge on any atom is -0.493 e. The molecule has 0 aliphatic carbocycles. The number of aryl methyl sites for hydroxylation is 1. The largest absolute Gasteiger partial charge is 0.493 e. The number of amides is 1. The molecule has 0 bridgehead atoms. The van der Waals surface area contributed by atoms with E-state index in [2.05, 4.69) is 33.5 Å². The molecule has 6 heteroatoms. The lowest BCUT2D eigenvalue weighted by Crippen LogP contribution is -2.20. The number of rotatable bonds is 13. The molecule has 0 radical (unpaired) electrons. The molecule has 1 amide bonds. The molecule has 0 aliphatic heterocycles. The molecule has 0 aliphatic rings. The molecule has 2 N–H and O–H groups in total. The monoisotopic (exact) mass is 476 g/mol. The number of methoxy groups -OCH3 is 1. The van der Waals surface area contributed by atoms with Crippen molar-refractivity contribution in [3.63, 3.8) is 0 Å². The molecular weight excluding hydrogens is 444 g/mol. The molecule has 5 nitrogen and oxygen atoms in total. The van der Waals surface area contributed by atoms with Gasteiger partial charge in [0.25, 0.3) is 5.91 Å². The minimum absolute atomic E-state index is 0.0990. The zero-order chi connectivity index (χ0) is 21.8. The molecule has 0 saturated carbocycles. The van der Waals surface area contributed by atoms with Gasteiger partial charge in [0.1, 0.15) is 0 Å². The summed E-state index contributed by atoms with van der Waals surface area (Å²) >= 11 is 3.55. The lowest BCUT2D eigenvalue weighted by molar-refractivity contribution is -0.118. The Hall–Kier alpha value is -2.05. The fourth-order valence-corrected chi connectivity index (χ4v) is 3.68. The summed E-state index contributed by atoms with van der Waals surface area (Å²) < 4.78 is 12.0. The number of carbonyl (C=O) groups is 1. The highest BCUT2D eigenvalue weighted by Crippen LogP contribution is 2.36. The Morgan fingerprint density at radius 2 is 1.80 bits per heavy atom. The second-order valence-corrected chi connectivity index (χ2v) is 8.26. The second-order valence-electron chi connectivity index (χ2n) is 7.40. The van der Waals surface area contributed by atoms with E-state index in [1.165, 1.54) is 32.1 Å². The van der Waals surface area contributed by atoms with Crippen LogP contribution in [0.1, 0.15) is 50.2 Å². The highest BCUT2D eigenvalue weighted by molar-refractivity contribution is 9.10. The highest BCUT2D eigenvalue weighted by atomic mass is 79.9. The maximum Gasteiger partial charge on any atom is 0.262 e. The molecule has 164 valence electrons. The van der Waals surface area contributed by atoms with Gasteiger partial charge in [-0.1, -0.05) is 50.3 Å². The van der Waals surface area contributed by atoms with Crippen LogP contribution in [0.2, 0.25) is 0 Å². The van der Waals surface area contributed by atoms with E-state index in [4.69, 9.17) is 9.47 Å². The van der Waals surface area contributed by atoms with E-state index in [9.17, 15) is 4.79 Å². The fourth-order valence-electron chi connectivity index (χ4n) is 3.07. The van der Waals surface area contributed by atoms with Crippen molar-refractivity contribution < 1.29 is 14.3 Å². The van der Waals surface area contributed by atoms with Crippen molar-refractivity contribution in [1.82, 2.24) is 5.32 Å². The van der Waals surface area contributed by atoms with Crippen LogP contribution in [0.15, 0.2) is 40.9 Å². The van der Waals surface area contributed by atoms with Crippen LogP contribution in [0.3, 0.4) is 0 Å². The van der Waals surface area contributed by atoms with Crippen molar-refractivity contribution in [2.45, 2.75) is 52.5 Å². The number of nitrogens with one attached hydrogen (secondary N) is 2. The van der Waals surface area contributed by atoms with Crippen molar-refractivity contribution in [2.75, 3.05) is 25.6 Å². The van der Waals surface area contributed by atoms with E-state index < -0.39 is 0 Å². The number of ether oxygens (including phenoxy) is 2. The summed E-state index contributed by atoms with van der Waals surface area (Å²) in [5, 5.41) is 6.31. The number of carbonyl (C=O) groups excluding carboxylic acids is 1. The Bertz CT molecular complexity index is 794. The minimum atomic E-state index is -0.221. The Kier molecular flexibility index (Phi) is 10.7. The maximum absolute atomic E-state index is 12.2. The van der Waals surface area contributed by atoms with Crippen molar-refractivity contribution in [2.24, 2.45) is 0 Å². The third-order valence-electron chi connectivity index (χ3n) is 4.76. The van der Waals surface area contributed by atoms with Crippen molar-refractivity contribution >= 4 is 27.5 Å². The van der Waals surface area contributed by atoms with E-state index in [1.807, 2.05) is 43.3 Å². The third-order valence-corrected chi connectivity index (χ3v) is 5.35. The van der Waals surface area contributed by atoms with Crippen LogP contribution in [0, 0.1) is 6.92 Å². The molecular formula is C24H33BrN2O3. The van der Waals surface area contributed by atoms with Crippen LogP contribution in [-0.2, 0) is 11.3 Å². The molecule has 0 heterocycles. The molecule has 0 aromatic heterocycles. The van der Waals surface area contributed by atoms with E-state index in [-0.39, 0.29) is 12.5 Å². The van der Waals surface area contributed by atoms with Crippen molar-refractivity contribution in [3.05, 3.63) is 52.0 Å². The van der Waals surface area contributed by atoms with Gasteiger partial charge in [-0.25, -0.2) is 0 Å². The molecule has 0 saturated heterocycles. The number of hydrogen-bond donors (Lipinski definition) is 2. The van der Waals surface area contributed by atoms with Gasteiger partial charge < -0.3 is 20.1 Å². The lowest BCUT2D eigenvalue weighted by Gasteiger charge is -2.15. The Morgan fingerprint density at radius 3 is 2.50 bits per heavy atom. The lowest BCUT2D eigenvalue weighted by atomic mass is 10.1. The number of halogens is 1. The maximum atomic E-state index is 12.2. The van der Waals surface area contributed by atoms with Gasteiger partial charge in [0.15, 0.2) is 18.1 Å². The first-order valence-corrected chi connectivity index (χ1v) is 11.4. The van der Waals surface area contributed by atoms with E-state index >= 15 is 0 Å². The van der Waals surface area contributed by atoms with Gasteiger partial charge in [-0.2, -0.15) is 0 Å². The van der Waals surface area contributed by atoms with Gasteiger partial charge in [0.05, 0.1) is 11.6 Å². The van der Waals surface area contributed by atoms with Gasteiger partial charge in [-0.3, -0.25) is 4.79 Å². The second kappa shape index (κ2) is 13.3. The summed E-state index contributed by atoms with van der Waals surface area (Å²) in [5.41, 5.74) is 2.99. The predicted octanol–water partition coefficient (Wildman–Crippen LogP) is 5.84. The number of anilines is 1. The summed E-state index contributed by atoms with van der Waals surface area (Å²) in [4.78, 5) is 12.2. The topological polar surface area (TPSA) is 59.6 Å². The molecule has 2 rings (SSSR count). The van der Waals surface area contributed by atoms with E-state index in [0.717, 1.165) is 34.4 Å². The van der Waals surface area contributed by atoms with Crippen LogP contribution in [-0.4, -0.2) is 26.2 Å². The number of benzene rings is 2. The first-order chi connectivity index (χ1) is 14.5. The Labute approximate surface area is 188 Å². The highest BCUT2D eigenvalue weighted by Gasteiger charge is 2.14. The van der Waals surface area contributed by atoms with E-state index in [1.54, 1.807) is 7.11 Å². The van der Waals surface area contributed by atoms with Gasteiger partial charge in [0, 0.05) is 12.2 Å². The van der Waals surface area contributed by atoms with Crippen molar-refractivity contribution in [1.29, 1.82) is 0 Å². The fraction of sp³-hybridized carbons (Fsp3) is 0.458. The molecule has 0 fully saturated rings. The predicted molar refractivity (Wildman–Crippen MR) is 126 cm³/mol. The van der Waals surface area contributed by atoms with Crippen LogP contribution in [0.25, 0.3) is 0 Å². The molecule has 0 unspecified atom stereocenters. The summed E-state index contributed by atoms with van der Waals surface area (Å²) in [5.74, 6) is 0.911. The molecule has 0 spiro atoms. The van der Waals surface area contributed by atoms with Gasteiger partial charge in [-0.05, 0) is 65.6 Å². The first-order valence-electron chi connectivity index (χ1n) is 10.6. The SMILES string of the molecule is CCCCCCCNCc1cc(Br)c(OCC(=O)Nc2ccc(C)cc2)c(OC)c1. The van der Waals surface area contributed by atoms with Crippen molar-refractivity contribution in [3.8, 4) is 11.5 Å². The molecule has 2 aromatic carbocycles. The first kappa shape index (κ1) is 24.2. The quantitative estimate of drug-likeness (QED) is 0.356. The zero-order valence-corrected chi connectivity index (χ0v) is 19.8. The van der Waals surface area contributed by atoms with Crippen LogP contribution < -0.4 is 20.1 Å². The average molecular weight is 477 g/mol. The Morgan fingerprint density at radius 1 is 1.07 bits per heavy atom. The van der Waals surface area contributed by atoms with Crippen LogP contribution >= 0.6 is 15.9 Å². The van der Waals surface area contributed by atoms with Gasteiger partial charge in [-0.15, -0.1) is 0 Å². The van der Waals surface area contributed by atoms with Gasteiger partial charge in [0.2, 0.25) is 0 Å². The van der Waals surface area contributed by atoms with Gasteiger partial charge >= 0.3 is 0 Å². The van der Waals surface area contributed by atoms with Crippen LogP contribution in [0.4, 0.5) is 5.69 Å². The third kappa shape index (κ3) is 8.36. The zero-order valence-electron chi connectivity index (χ0n) is 18.2. The Balaban J connectivity index is 1.85. The van der Waals surface area contributed by atoms with Crippen LogP contribution in [0.5, 0.6) is 11.5 Å². The molecule has 30 heavy (non-hydrogen) atoms. The summed E-state index contributed by atoms with van der Waals surface area (Å²) in [6.45, 7) is 5.90. The summed E-state index contributed by atoms with van der Waals surface area (Å²) in [6.07, 6.45) is 6.35.